The monoisotopic (exact) mass is 1660 g/mol. The van der Waals surface area contributed by atoms with E-state index in [0.717, 1.165) is 91.5 Å². The lowest BCUT2D eigenvalue weighted by Crippen LogP contribution is -2.21. The lowest BCUT2D eigenvalue weighted by atomic mass is 9.85. The molecule has 0 radical (unpaired) electrons. The molecule has 0 unspecified atom stereocenters. The van der Waals surface area contributed by atoms with Crippen molar-refractivity contribution in [3.8, 4) is 0 Å². The lowest BCUT2D eigenvalue weighted by molar-refractivity contribution is -0.126. The number of pyridine rings is 4. The minimum atomic E-state index is -0.326. The second-order valence-corrected chi connectivity index (χ2v) is 39.8. The van der Waals surface area contributed by atoms with Crippen LogP contribution >= 0.6 is 23.5 Å². The van der Waals surface area contributed by atoms with Gasteiger partial charge in [-0.25, -0.2) is 0 Å². The lowest BCUT2D eigenvalue weighted by Gasteiger charge is -2.17. The van der Waals surface area contributed by atoms with Crippen LogP contribution < -0.4 is 0 Å². The van der Waals surface area contributed by atoms with Crippen molar-refractivity contribution >= 4 is 81.4 Å². The van der Waals surface area contributed by atoms with Gasteiger partial charge in [0.15, 0.2) is 46.3 Å². The molecule has 119 heavy (non-hydrogen) atoms. The van der Waals surface area contributed by atoms with Crippen molar-refractivity contribution in [2.45, 2.75) is 255 Å². The average Bonchev–Trinajstić information content (AvgIpc) is 0.874. The summed E-state index contributed by atoms with van der Waals surface area (Å²) in [5.41, 5.74) is 12.0. The third-order valence-electron chi connectivity index (χ3n) is 17.5. The van der Waals surface area contributed by atoms with Crippen LogP contribution in [0.15, 0.2) is 171 Å². The number of rotatable bonds is 15. The van der Waals surface area contributed by atoms with Crippen molar-refractivity contribution in [3.63, 3.8) is 0 Å². The van der Waals surface area contributed by atoms with E-state index in [4.69, 9.17) is 0 Å². The maximum Gasteiger partial charge on any atom is 0.169 e. The molecular formula is C103H146N4O10S2. The summed E-state index contributed by atoms with van der Waals surface area (Å²) in [6, 6.07) is 43.5. The number of thioether (sulfide) groups is 2. The molecule has 14 nitrogen and oxygen atoms in total. The summed E-state index contributed by atoms with van der Waals surface area (Å²) < 4.78 is 0. The van der Waals surface area contributed by atoms with Crippen molar-refractivity contribution in [1.29, 1.82) is 0 Å². The molecule has 0 spiro atoms. The van der Waals surface area contributed by atoms with E-state index in [9.17, 15) is 47.9 Å². The summed E-state index contributed by atoms with van der Waals surface area (Å²) >= 11 is 3.53. The van der Waals surface area contributed by atoms with Gasteiger partial charge in [-0.1, -0.05) is 268 Å². The smallest absolute Gasteiger partial charge is 0.169 e. The Morgan fingerprint density at radius 1 is 0.294 bits per heavy atom. The highest BCUT2D eigenvalue weighted by molar-refractivity contribution is 7.98. The van der Waals surface area contributed by atoms with Gasteiger partial charge < -0.3 is 0 Å². The number of hydrogen-bond donors (Lipinski definition) is 0. The van der Waals surface area contributed by atoms with E-state index in [0.29, 0.717) is 34.7 Å². The number of aryl methyl sites for hydroxylation is 8. The summed E-state index contributed by atoms with van der Waals surface area (Å²) in [5, 5.41) is 0. The Bertz CT molecular complexity index is 4280. The highest BCUT2D eigenvalue weighted by atomic mass is 32.2. The van der Waals surface area contributed by atoms with Gasteiger partial charge >= 0.3 is 0 Å². The predicted octanol–water partition coefficient (Wildman–Crippen LogP) is 26.4. The number of hydrogen-bond acceptors (Lipinski definition) is 16. The van der Waals surface area contributed by atoms with Crippen LogP contribution in [0.4, 0.5) is 0 Å². The maximum absolute atomic E-state index is 11.9. The fourth-order valence-electron chi connectivity index (χ4n) is 10.0. The number of aromatic nitrogens is 4. The fraction of sp³-hybridized carbons (Fsp3) is 0.476. The highest BCUT2D eigenvalue weighted by Crippen LogP contribution is 2.28. The molecule has 0 amide bonds. The van der Waals surface area contributed by atoms with E-state index in [2.05, 4.69) is 26.2 Å². The molecule has 4 heterocycles. The Kier molecular flexibility index (Phi) is 49.0. The first-order chi connectivity index (χ1) is 54.4. The van der Waals surface area contributed by atoms with Crippen molar-refractivity contribution in [1.82, 2.24) is 19.9 Å². The second-order valence-electron chi connectivity index (χ2n) is 37.8. The zero-order valence-electron chi connectivity index (χ0n) is 79.4. The second kappa shape index (κ2) is 52.1. The van der Waals surface area contributed by atoms with Crippen molar-refractivity contribution < 1.29 is 47.9 Å². The van der Waals surface area contributed by atoms with Crippen LogP contribution in [0.3, 0.4) is 0 Å². The van der Waals surface area contributed by atoms with Gasteiger partial charge in [-0.15, -0.1) is 0 Å². The van der Waals surface area contributed by atoms with E-state index in [1.165, 1.54) is 5.56 Å². The molecule has 0 atom stereocenters. The first-order valence-electron chi connectivity index (χ1n) is 40.7. The number of ketones is 10. The molecule has 4 aromatic heterocycles. The molecular weight excluding hydrogens is 1520 g/mol. The average molecular weight is 1660 g/mol. The number of benzene rings is 4. The molecule has 8 rings (SSSR count). The molecule has 8 aromatic rings. The number of Topliss-reactive ketones (excluding diaryl/α,β-unsaturated/α-hetero) is 10. The van der Waals surface area contributed by atoms with E-state index in [-0.39, 0.29) is 89.6 Å². The van der Waals surface area contributed by atoms with Gasteiger partial charge in [-0.2, -0.15) is 23.5 Å². The molecule has 650 valence electrons. The maximum atomic E-state index is 11.9. The van der Waals surface area contributed by atoms with Crippen LogP contribution in [0, 0.1) is 98.7 Å². The summed E-state index contributed by atoms with van der Waals surface area (Å²) in [7, 11) is 0. The standard InChI is InChI=1S/3C12H16O.3C11H15NO.C9H18OS.C9H10O.C8H9NO.C8H16OS/c1-9-5-7-10(8-6-9)11(13)12(2,3)4;1-9-6-5-7-10(8-9)11(13)12(2,3)4;1-9-7-5-6-8-10(9)11(13)12(2,3)4;1-8-5-9(7-12-6-8)10(13)11(2,3)4;1-8-5-6-9(7-12-8)10(13)11(2,3)4;1-8-9(6-5-7-12-8)10(13)11(2,3)4;1-9(2,3)8(10)6-5-7-11-4;1-7-5-3-4-6-9(7)8(2)10;1-6-8(7(2)10)4-3-5-9-6;1-8(2,3)7(9)5-6-10-4/h3*5-8H,1-4H3;3*5-7H,1-4H3;5-7H2,1-4H3;3-6H,1-2H3;3-5H,1-2H3;5-6H2,1-4H3. The van der Waals surface area contributed by atoms with Crippen LogP contribution in [0.2, 0.25) is 0 Å². The molecule has 16 heteroatoms. The molecule has 0 fully saturated rings. The summed E-state index contributed by atoms with van der Waals surface area (Å²) in [6.07, 6.45) is 15.0. The van der Waals surface area contributed by atoms with Crippen LogP contribution in [-0.2, 0) is 9.59 Å². The van der Waals surface area contributed by atoms with E-state index >= 15 is 0 Å². The van der Waals surface area contributed by atoms with Gasteiger partial charge in [-0.05, 0) is 165 Å². The molecule has 0 aliphatic rings. The van der Waals surface area contributed by atoms with Crippen molar-refractivity contribution in [2.24, 2.45) is 43.3 Å². The first kappa shape index (κ1) is 112. The van der Waals surface area contributed by atoms with Crippen molar-refractivity contribution in [2.75, 3.05) is 24.0 Å². The van der Waals surface area contributed by atoms with Crippen LogP contribution in [-0.4, -0.2) is 102 Å². The summed E-state index contributed by atoms with van der Waals surface area (Å²) in [5.74, 6) is 4.06. The third kappa shape index (κ3) is 46.3. The van der Waals surface area contributed by atoms with Gasteiger partial charge in [-0.3, -0.25) is 67.9 Å². The zero-order chi connectivity index (χ0) is 92.6. The SMILES string of the molecule is CC(=O)c1ccccc1C.CC(=O)c1cccnc1C.CSCCC(=O)C(C)(C)C.CSCCCC(=O)C(C)(C)C.Cc1ccc(C(=O)C(C)(C)C)cc1.Cc1ccc(C(=O)C(C)(C)C)cn1.Cc1cccc(C(=O)C(C)(C)C)c1.Cc1ccccc1C(=O)C(C)(C)C.Cc1cncc(C(=O)C(C)(C)C)c1.Cc1ncccc1C(=O)C(C)(C)C. The Labute approximate surface area is 726 Å². The number of nitrogens with zero attached hydrogens (tertiary/aromatic N) is 4. The zero-order valence-corrected chi connectivity index (χ0v) is 81.0. The Hall–Kier alpha value is -9.12. The molecule has 0 saturated heterocycles. The Balaban J connectivity index is 0. The Morgan fingerprint density at radius 3 is 1.03 bits per heavy atom. The molecule has 4 aromatic carbocycles. The molecule has 0 N–H and O–H groups in total. The third-order valence-corrected chi connectivity index (χ3v) is 18.8. The fourth-order valence-corrected chi connectivity index (χ4v) is 10.8. The first-order valence-corrected chi connectivity index (χ1v) is 43.5. The van der Waals surface area contributed by atoms with Gasteiger partial charge in [0.05, 0.1) is 0 Å². The quantitative estimate of drug-likeness (QED) is 0.0687. The highest BCUT2D eigenvalue weighted by Gasteiger charge is 2.29. The van der Waals surface area contributed by atoms with Gasteiger partial charge in [0, 0.05) is 149 Å². The van der Waals surface area contributed by atoms with Crippen LogP contribution in [0.5, 0.6) is 0 Å². The number of carbonyl (C=O) groups excluding carboxylic acids is 10. The predicted molar refractivity (Wildman–Crippen MR) is 503 cm³/mol. The molecule has 0 saturated carbocycles. The van der Waals surface area contributed by atoms with Crippen LogP contribution in [0.25, 0.3) is 0 Å². The topological polar surface area (TPSA) is 222 Å². The minimum Gasteiger partial charge on any atom is -0.299 e. The van der Waals surface area contributed by atoms with E-state index in [1.807, 2.05) is 349 Å². The van der Waals surface area contributed by atoms with Crippen molar-refractivity contribution in [3.05, 3.63) is 260 Å². The normalized spacial score (nSPS) is 11.1. The van der Waals surface area contributed by atoms with E-state index in [1.54, 1.807) is 86.6 Å². The van der Waals surface area contributed by atoms with Gasteiger partial charge in [0.25, 0.3) is 0 Å². The number of carbonyl (C=O) groups is 10. The van der Waals surface area contributed by atoms with Crippen LogP contribution in [0.1, 0.15) is 327 Å². The summed E-state index contributed by atoms with van der Waals surface area (Å²) in [4.78, 5) is 131. The molecule has 0 aliphatic heterocycles. The molecule has 0 aliphatic carbocycles. The molecule has 0 bridgehead atoms. The largest absolute Gasteiger partial charge is 0.299 e. The summed E-state index contributed by atoms with van der Waals surface area (Å²) in [6.45, 7) is 65.2. The van der Waals surface area contributed by atoms with E-state index < -0.39 is 0 Å². The van der Waals surface area contributed by atoms with Gasteiger partial charge in [0.1, 0.15) is 11.6 Å². The minimum absolute atomic E-state index is 0.0746. The Morgan fingerprint density at radius 2 is 0.664 bits per heavy atom. The van der Waals surface area contributed by atoms with Gasteiger partial charge in [0.2, 0.25) is 0 Å².